The van der Waals surface area contributed by atoms with Crippen LogP contribution in [0.1, 0.15) is 33.5 Å². The number of halogens is 2. The topological polar surface area (TPSA) is 17.1 Å². The van der Waals surface area contributed by atoms with Gasteiger partial charge in [0.05, 0.1) is 5.56 Å². The molecule has 0 saturated heterocycles. The molecule has 1 nitrogen and oxygen atoms in total. The minimum Gasteiger partial charge on any atom is -0.294 e. The van der Waals surface area contributed by atoms with Gasteiger partial charge in [0.1, 0.15) is 5.82 Å². The monoisotopic (exact) mass is 290 g/mol. The molecule has 2 aromatic rings. The van der Waals surface area contributed by atoms with Crippen molar-refractivity contribution in [1.29, 1.82) is 0 Å². The van der Waals surface area contributed by atoms with Crippen molar-refractivity contribution in [3.63, 3.8) is 0 Å². The van der Waals surface area contributed by atoms with Crippen LogP contribution < -0.4 is 0 Å². The third-order valence-electron chi connectivity index (χ3n) is 3.57. The maximum Gasteiger partial charge on any atom is 0.166 e. The molecular formula is C17H16ClFO. The zero-order chi connectivity index (χ0) is 14.7. The van der Waals surface area contributed by atoms with Crippen LogP contribution in [0.4, 0.5) is 4.39 Å². The fourth-order valence-corrected chi connectivity index (χ4v) is 2.34. The van der Waals surface area contributed by atoms with Crippen molar-refractivity contribution in [2.45, 2.75) is 26.7 Å². The van der Waals surface area contributed by atoms with Crippen LogP contribution in [0.15, 0.2) is 36.4 Å². The van der Waals surface area contributed by atoms with Gasteiger partial charge < -0.3 is 0 Å². The quantitative estimate of drug-likeness (QED) is 0.731. The van der Waals surface area contributed by atoms with Crippen molar-refractivity contribution in [3.05, 3.63) is 69.5 Å². The summed E-state index contributed by atoms with van der Waals surface area (Å²) in [5.41, 5.74) is 3.64. The van der Waals surface area contributed by atoms with Crippen molar-refractivity contribution in [2.24, 2.45) is 0 Å². The third-order valence-corrected chi connectivity index (χ3v) is 3.80. The number of aryl methyl sites for hydroxylation is 2. The Kier molecular flexibility index (Phi) is 4.56. The molecule has 0 unspecified atom stereocenters. The lowest BCUT2D eigenvalue weighted by molar-refractivity contribution is 0.0979. The zero-order valence-corrected chi connectivity index (χ0v) is 12.3. The number of hydrogen-bond acceptors (Lipinski definition) is 1. The maximum atomic E-state index is 13.7. The van der Waals surface area contributed by atoms with Gasteiger partial charge in [0.25, 0.3) is 0 Å². The van der Waals surface area contributed by atoms with E-state index in [0.717, 1.165) is 5.56 Å². The molecule has 0 spiro atoms. The summed E-state index contributed by atoms with van der Waals surface area (Å²) in [5.74, 6) is -0.747. The van der Waals surface area contributed by atoms with Gasteiger partial charge in [0, 0.05) is 11.4 Å². The molecule has 0 heterocycles. The van der Waals surface area contributed by atoms with Gasteiger partial charge in [-0.05, 0) is 55.2 Å². The van der Waals surface area contributed by atoms with Gasteiger partial charge in [-0.25, -0.2) is 4.39 Å². The van der Waals surface area contributed by atoms with Gasteiger partial charge in [-0.3, -0.25) is 4.79 Å². The van der Waals surface area contributed by atoms with E-state index in [1.54, 1.807) is 0 Å². The minimum atomic E-state index is -0.552. The van der Waals surface area contributed by atoms with Gasteiger partial charge >= 0.3 is 0 Å². The van der Waals surface area contributed by atoms with Gasteiger partial charge in [0.15, 0.2) is 5.78 Å². The van der Waals surface area contributed by atoms with E-state index in [4.69, 9.17) is 11.6 Å². The highest BCUT2D eigenvalue weighted by atomic mass is 35.5. The summed E-state index contributed by atoms with van der Waals surface area (Å²) >= 11 is 5.68. The number of rotatable bonds is 4. The summed E-state index contributed by atoms with van der Waals surface area (Å²) in [6.07, 6.45) is 0.914. The molecule has 0 radical (unpaired) electrons. The number of hydrogen-bond donors (Lipinski definition) is 0. The maximum absolute atomic E-state index is 13.7. The van der Waals surface area contributed by atoms with Gasteiger partial charge in [0.2, 0.25) is 0 Å². The molecule has 0 bridgehead atoms. The first kappa shape index (κ1) is 14.7. The number of carbonyl (C=O) groups is 1. The molecular weight excluding hydrogens is 275 g/mol. The fourth-order valence-electron chi connectivity index (χ4n) is 2.18. The fraction of sp³-hybridized carbons (Fsp3) is 0.235. The Morgan fingerprint density at radius 3 is 2.65 bits per heavy atom. The first-order valence-electron chi connectivity index (χ1n) is 6.52. The van der Waals surface area contributed by atoms with Crippen molar-refractivity contribution in [3.8, 4) is 0 Å². The van der Waals surface area contributed by atoms with Gasteiger partial charge in [-0.15, -0.1) is 0 Å². The van der Waals surface area contributed by atoms with Crippen LogP contribution in [-0.2, 0) is 6.42 Å². The number of Topliss-reactive ketones (excluding diaryl/α,β-unsaturated/α-hetero) is 1. The number of ketones is 1. The Morgan fingerprint density at radius 2 is 1.95 bits per heavy atom. The third kappa shape index (κ3) is 3.26. The van der Waals surface area contributed by atoms with E-state index < -0.39 is 5.82 Å². The second-order valence-corrected chi connectivity index (χ2v) is 5.34. The Morgan fingerprint density at radius 1 is 1.20 bits per heavy atom. The van der Waals surface area contributed by atoms with Crippen LogP contribution in [-0.4, -0.2) is 5.78 Å². The van der Waals surface area contributed by atoms with E-state index in [9.17, 15) is 9.18 Å². The molecule has 0 amide bonds. The molecule has 0 aromatic heterocycles. The average molecular weight is 291 g/mol. The van der Waals surface area contributed by atoms with E-state index in [2.05, 4.69) is 0 Å². The summed E-state index contributed by atoms with van der Waals surface area (Å²) in [4.78, 5) is 12.1. The lowest BCUT2D eigenvalue weighted by Crippen LogP contribution is -2.05. The molecule has 3 heteroatoms. The smallest absolute Gasteiger partial charge is 0.166 e. The molecule has 0 aliphatic rings. The highest BCUT2D eigenvalue weighted by Gasteiger charge is 2.12. The molecule has 0 atom stereocenters. The summed E-state index contributed by atoms with van der Waals surface area (Å²) in [6, 6.07) is 10.2. The van der Waals surface area contributed by atoms with Crippen LogP contribution in [0.25, 0.3) is 0 Å². The van der Waals surface area contributed by atoms with Crippen LogP contribution in [0.5, 0.6) is 0 Å². The lowest BCUT2D eigenvalue weighted by Gasteiger charge is -2.08. The minimum absolute atomic E-state index is 0.111. The molecule has 0 aliphatic carbocycles. The van der Waals surface area contributed by atoms with E-state index in [0.29, 0.717) is 17.9 Å². The van der Waals surface area contributed by atoms with Crippen molar-refractivity contribution >= 4 is 17.4 Å². The predicted molar refractivity (Wildman–Crippen MR) is 80.0 cm³/mol. The van der Waals surface area contributed by atoms with E-state index in [-0.39, 0.29) is 11.3 Å². The summed E-state index contributed by atoms with van der Waals surface area (Å²) in [5, 5.41) is 0.300. The normalized spacial score (nSPS) is 10.6. The van der Waals surface area contributed by atoms with Crippen molar-refractivity contribution in [1.82, 2.24) is 0 Å². The highest BCUT2D eigenvalue weighted by molar-refractivity contribution is 6.30. The van der Waals surface area contributed by atoms with Crippen molar-refractivity contribution in [2.75, 3.05) is 0 Å². The molecule has 2 aromatic carbocycles. The van der Waals surface area contributed by atoms with Crippen LogP contribution in [0.3, 0.4) is 0 Å². The van der Waals surface area contributed by atoms with E-state index in [1.807, 2.05) is 32.0 Å². The lowest BCUT2D eigenvalue weighted by atomic mass is 9.97. The van der Waals surface area contributed by atoms with Crippen LogP contribution >= 0.6 is 11.6 Å². The molecule has 104 valence electrons. The van der Waals surface area contributed by atoms with Crippen LogP contribution in [0.2, 0.25) is 5.02 Å². The van der Waals surface area contributed by atoms with Gasteiger partial charge in [-0.2, -0.15) is 0 Å². The van der Waals surface area contributed by atoms with Crippen LogP contribution in [0, 0.1) is 19.7 Å². The summed E-state index contributed by atoms with van der Waals surface area (Å²) < 4.78 is 13.7. The van der Waals surface area contributed by atoms with E-state index >= 15 is 0 Å². The zero-order valence-electron chi connectivity index (χ0n) is 11.5. The van der Waals surface area contributed by atoms with Gasteiger partial charge in [-0.1, -0.05) is 29.8 Å². The van der Waals surface area contributed by atoms with E-state index in [1.165, 1.54) is 29.3 Å². The molecule has 0 fully saturated rings. The summed E-state index contributed by atoms with van der Waals surface area (Å²) in [6.45, 7) is 4.08. The molecule has 20 heavy (non-hydrogen) atoms. The standard InChI is InChI=1S/C17H16ClFO/c1-11-4-3-5-13(12(11)2)6-9-17(20)15-8-7-14(18)10-16(15)19/h3-5,7-8,10H,6,9H2,1-2H3. The largest absolute Gasteiger partial charge is 0.294 e. The molecule has 0 aliphatic heterocycles. The average Bonchev–Trinajstić information content (AvgIpc) is 2.40. The Labute approximate surface area is 123 Å². The Hall–Kier alpha value is -1.67. The first-order chi connectivity index (χ1) is 9.49. The predicted octanol–water partition coefficient (Wildman–Crippen LogP) is 4.91. The SMILES string of the molecule is Cc1cccc(CCC(=O)c2ccc(Cl)cc2F)c1C. The molecule has 0 saturated carbocycles. The second-order valence-electron chi connectivity index (χ2n) is 4.91. The Balaban J connectivity index is 2.11. The molecule has 0 N–H and O–H groups in total. The Bertz CT molecular complexity index is 649. The summed E-state index contributed by atoms with van der Waals surface area (Å²) in [7, 11) is 0. The number of benzene rings is 2. The molecule has 2 rings (SSSR count). The second kappa shape index (κ2) is 6.19. The first-order valence-corrected chi connectivity index (χ1v) is 6.90. The number of carbonyl (C=O) groups excluding carboxylic acids is 1. The highest BCUT2D eigenvalue weighted by Crippen LogP contribution is 2.19. The van der Waals surface area contributed by atoms with Crippen molar-refractivity contribution < 1.29 is 9.18 Å².